The van der Waals surface area contributed by atoms with Crippen molar-refractivity contribution in [2.24, 2.45) is 5.92 Å². The fourth-order valence-corrected chi connectivity index (χ4v) is 5.33. The first-order chi connectivity index (χ1) is 18.4. The number of benzene rings is 1. The Hall–Kier alpha value is -3.24. The van der Waals surface area contributed by atoms with Crippen molar-refractivity contribution in [2.45, 2.75) is 91.4 Å². The monoisotopic (exact) mass is 515 g/mol. The van der Waals surface area contributed by atoms with Gasteiger partial charge in [-0.05, 0) is 67.4 Å². The summed E-state index contributed by atoms with van der Waals surface area (Å²) in [6, 6.07) is 7.74. The summed E-state index contributed by atoms with van der Waals surface area (Å²) < 4.78 is 0. The molecular formula is C31H42BN3O3. The number of pyridine rings is 1. The highest BCUT2D eigenvalue weighted by Crippen LogP contribution is 2.46. The van der Waals surface area contributed by atoms with Crippen LogP contribution in [0, 0.1) is 17.1 Å². The molecule has 0 spiro atoms. The number of aromatic nitrogens is 1. The summed E-state index contributed by atoms with van der Waals surface area (Å²) in [5, 5.41) is 24.9. The largest absolute Gasteiger partial charge is 0.385 e. The molecule has 4 rings (SSSR count). The summed E-state index contributed by atoms with van der Waals surface area (Å²) in [5.74, 6) is 1.27. The Morgan fingerprint density at radius 3 is 2.63 bits per heavy atom. The average Bonchev–Trinajstić information content (AvgIpc) is 2.96. The Morgan fingerprint density at radius 2 is 2.00 bits per heavy atom. The molecule has 7 heteroatoms. The molecule has 3 heterocycles. The molecule has 0 aliphatic carbocycles. The van der Waals surface area contributed by atoms with Gasteiger partial charge < -0.3 is 5.11 Å². The van der Waals surface area contributed by atoms with Crippen LogP contribution in [0.5, 0.6) is 0 Å². The van der Waals surface area contributed by atoms with Gasteiger partial charge in [-0.25, -0.2) is 5.26 Å². The number of rotatable bonds is 5. The number of nitriles is 1. The van der Waals surface area contributed by atoms with E-state index < -0.39 is 11.5 Å². The molecule has 2 amide bonds. The average molecular weight is 516 g/mol. The number of nitrogens with one attached hydrogen (secondary N) is 1. The normalized spacial score (nSPS) is 23.6. The van der Waals surface area contributed by atoms with Gasteiger partial charge in [0.15, 0.2) is 0 Å². The molecule has 1 aromatic heterocycles. The van der Waals surface area contributed by atoms with Crippen LogP contribution >= 0.6 is 0 Å². The zero-order chi connectivity index (χ0) is 28.3. The lowest BCUT2D eigenvalue weighted by atomic mass is 9.37. The van der Waals surface area contributed by atoms with Crippen molar-refractivity contribution in [2.75, 3.05) is 0 Å². The van der Waals surface area contributed by atoms with E-state index in [1.165, 1.54) is 0 Å². The van der Waals surface area contributed by atoms with E-state index in [-0.39, 0.29) is 24.4 Å². The molecule has 2 aliphatic heterocycles. The van der Waals surface area contributed by atoms with Gasteiger partial charge in [0, 0.05) is 29.9 Å². The topological polar surface area (TPSA) is 103 Å². The molecule has 2 aliphatic rings. The van der Waals surface area contributed by atoms with Gasteiger partial charge in [0.05, 0.1) is 17.0 Å². The number of carbonyl (C=O) groups is 2. The van der Waals surface area contributed by atoms with Crippen molar-refractivity contribution in [3.63, 3.8) is 0 Å². The minimum Gasteiger partial charge on any atom is -0.385 e. The van der Waals surface area contributed by atoms with Crippen molar-refractivity contribution in [1.82, 2.24) is 10.3 Å². The Bertz CT molecular complexity index is 1220. The van der Waals surface area contributed by atoms with Crippen molar-refractivity contribution in [3.8, 4) is 5.97 Å². The van der Waals surface area contributed by atoms with Gasteiger partial charge in [0.25, 0.3) is 6.71 Å². The van der Waals surface area contributed by atoms with Crippen LogP contribution in [0.25, 0.3) is 10.9 Å². The lowest BCUT2D eigenvalue weighted by Crippen LogP contribution is -2.43. The van der Waals surface area contributed by atoms with Crippen LogP contribution in [0.3, 0.4) is 0 Å². The van der Waals surface area contributed by atoms with Crippen molar-refractivity contribution >= 4 is 29.4 Å². The van der Waals surface area contributed by atoms with Crippen LogP contribution in [0.2, 0.25) is 12.6 Å². The molecule has 2 N–H and O–H groups in total. The van der Waals surface area contributed by atoms with E-state index in [4.69, 9.17) is 0 Å². The maximum atomic E-state index is 12.4. The van der Waals surface area contributed by atoms with Crippen LogP contribution in [0.1, 0.15) is 84.3 Å². The summed E-state index contributed by atoms with van der Waals surface area (Å²) in [6.45, 7) is 12.0. The van der Waals surface area contributed by atoms with Gasteiger partial charge in [-0.1, -0.05) is 65.2 Å². The van der Waals surface area contributed by atoms with Crippen molar-refractivity contribution < 1.29 is 14.7 Å². The third-order valence-corrected chi connectivity index (χ3v) is 7.28. The number of carbonyl (C=O) groups excluding carboxylic acids is 2. The van der Waals surface area contributed by atoms with E-state index in [9.17, 15) is 20.0 Å². The highest BCUT2D eigenvalue weighted by molar-refractivity contribution is 6.67. The van der Waals surface area contributed by atoms with Crippen LogP contribution in [0.4, 0.5) is 0 Å². The molecule has 0 saturated carbocycles. The van der Waals surface area contributed by atoms with Crippen molar-refractivity contribution in [3.05, 3.63) is 65.4 Å². The van der Waals surface area contributed by atoms with E-state index >= 15 is 0 Å². The fraction of sp³-hybridized carbons (Fsp3) is 0.484. The van der Waals surface area contributed by atoms with Crippen LogP contribution in [-0.4, -0.2) is 28.6 Å². The molecule has 3 atom stereocenters. The Labute approximate surface area is 228 Å². The molecule has 1 aromatic carbocycles. The minimum absolute atomic E-state index is 0.0866. The number of allylic oxidation sites excluding steroid dienone is 3. The first-order valence-corrected chi connectivity index (χ1v) is 14.1. The summed E-state index contributed by atoms with van der Waals surface area (Å²) in [7, 11) is 0. The van der Waals surface area contributed by atoms with E-state index in [1.807, 2.05) is 65.0 Å². The Balaban J connectivity index is 0.00000121. The number of imide groups is 1. The first kappa shape index (κ1) is 31.0. The van der Waals surface area contributed by atoms with Crippen LogP contribution in [-0.2, 0) is 15.2 Å². The molecule has 38 heavy (non-hydrogen) atoms. The molecular weight excluding hydrogens is 473 g/mol. The SMILES string of the molecule is C/C=C(\C=C/CC)C1CB(C#N)CCC1(O)c1ccc2ncc(C3CCC(=O)NC3=O)cc2c1.CC.CC. The molecule has 3 unspecified atom stereocenters. The maximum Gasteiger partial charge on any atom is 0.268 e. The molecule has 2 aromatic rings. The molecule has 0 bridgehead atoms. The highest BCUT2D eigenvalue weighted by Gasteiger charge is 2.45. The summed E-state index contributed by atoms with van der Waals surface area (Å²) in [4.78, 5) is 28.4. The Morgan fingerprint density at radius 1 is 1.26 bits per heavy atom. The third-order valence-electron chi connectivity index (χ3n) is 7.28. The van der Waals surface area contributed by atoms with Gasteiger partial charge >= 0.3 is 0 Å². The number of amides is 2. The predicted molar refractivity (Wildman–Crippen MR) is 156 cm³/mol. The van der Waals surface area contributed by atoms with Crippen molar-refractivity contribution in [1.29, 1.82) is 5.26 Å². The molecule has 6 nitrogen and oxygen atoms in total. The lowest BCUT2D eigenvalue weighted by molar-refractivity contribution is -0.134. The number of fused-ring (bicyclic) bond motifs is 1. The standard InChI is InChI=1S/C27H30BN3O3.2C2H6/c1-3-5-6-18(4-2)23-15-28(17-29)12-11-27(23,34)21-7-9-24-19(14-21)13-20(16-30-24)22-8-10-25(32)31-26(22)33;2*1-2/h4-7,9,13-14,16,22-23,34H,3,8,10-12,15H2,1-2H3,(H,31,32,33);2*1-2H3/b6-5-,18-4+;;. The summed E-state index contributed by atoms with van der Waals surface area (Å²) in [6.07, 6.45) is 11.3. The molecule has 2 fully saturated rings. The maximum absolute atomic E-state index is 12.4. The summed E-state index contributed by atoms with van der Waals surface area (Å²) >= 11 is 0. The third kappa shape index (κ3) is 6.79. The van der Waals surface area contributed by atoms with E-state index in [1.54, 1.807) is 6.20 Å². The fourth-order valence-electron chi connectivity index (χ4n) is 5.33. The second-order valence-corrected chi connectivity index (χ2v) is 9.36. The van der Waals surface area contributed by atoms with Gasteiger partial charge in [-0.2, -0.15) is 0 Å². The number of aliphatic hydroxyl groups is 1. The minimum atomic E-state index is -1.11. The number of piperidine rings is 1. The summed E-state index contributed by atoms with van der Waals surface area (Å²) in [5.41, 5.74) is 2.29. The number of hydrogen-bond donors (Lipinski definition) is 2. The molecule has 0 radical (unpaired) electrons. The zero-order valence-electron chi connectivity index (χ0n) is 23.8. The number of nitrogens with zero attached hydrogens (tertiary/aromatic N) is 2. The van der Waals surface area contributed by atoms with E-state index in [2.05, 4.69) is 35.3 Å². The quantitative estimate of drug-likeness (QED) is 0.269. The van der Waals surface area contributed by atoms with E-state index in [0.29, 0.717) is 31.9 Å². The lowest BCUT2D eigenvalue weighted by Gasteiger charge is -2.42. The van der Waals surface area contributed by atoms with Gasteiger partial charge in [0.2, 0.25) is 11.8 Å². The Kier molecular flexibility index (Phi) is 11.9. The second-order valence-electron chi connectivity index (χ2n) is 9.36. The van der Waals surface area contributed by atoms with Crippen LogP contribution < -0.4 is 5.32 Å². The molecule has 2 saturated heterocycles. The number of hydrogen-bond acceptors (Lipinski definition) is 5. The van der Waals surface area contributed by atoms with Gasteiger partial charge in [0.1, 0.15) is 0 Å². The van der Waals surface area contributed by atoms with E-state index in [0.717, 1.165) is 34.0 Å². The zero-order valence-corrected chi connectivity index (χ0v) is 23.8. The molecule has 202 valence electrons. The van der Waals surface area contributed by atoms with Gasteiger partial charge in [-0.3, -0.25) is 19.9 Å². The van der Waals surface area contributed by atoms with Crippen LogP contribution in [0.15, 0.2) is 54.3 Å². The highest BCUT2D eigenvalue weighted by atomic mass is 16.3. The smallest absolute Gasteiger partial charge is 0.268 e. The first-order valence-electron chi connectivity index (χ1n) is 14.1. The second kappa shape index (κ2) is 14.6. The van der Waals surface area contributed by atoms with Gasteiger partial charge in [-0.15, -0.1) is 0 Å². The predicted octanol–water partition coefficient (Wildman–Crippen LogP) is 6.48.